The largest absolute Gasteiger partial charge is 0.496 e. The minimum atomic E-state index is 0.324. The van der Waals surface area contributed by atoms with Crippen LogP contribution in [0.1, 0.15) is 44.9 Å². The second kappa shape index (κ2) is 8.26. The second-order valence-electron chi connectivity index (χ2n) is 10.2. The van der Waals surface area contributed by atoms with Crippen LogP contribution in [0.4, 0.5) is 0 Å². The van der Waals surface area contributed by atoms with Crippen LogP contribution in [0.25, 0.3) is 10.9 Å². The summed E-state index contributed by atoms with van der Waals surface area (Å²) >= 11 is 0. The van der Waals surface area contributed by atoms with Gasteiger partial charge in [-0.1, -0.05) is 24.1 Å². The zero-order valence-corrected chi connectivity index (χ0v) is 19.2. The summed E-state index contributed by atoms with van der Waals surface area (Å²) in [6.45, 7) is 4.09. The van der Waals surface area contributed by atoms with E-state index in [4.69, 9.17) is 4.74 Å². The van der Waals surface area contributed by atoms with E-state index in [1.807, 2.05) is 12.1 Å². The van der Waals surface area contributed by atoms with E-state index in [2.05, 4.69) is 38.8 Å². The number of carbonyl (C=O) groups is 1. The average Bonchev–Trinajstić information content (AvgIpc) is 3.25. The number of piperidine rings is 3. The van der Waals surface area contributed by atoms with Gasteiger partial charge in [-0.05, 0) is 68.7 Å². The van der Waals surface area contributed by atoms with Crippen molar-refractivity contribution in [2.45, 2.75) is 63.6 Å². The van der Waals surface area contributed by atoms with Crippen molar-refractivity contribution in [2.24, 2.45) is 11.8 Å². The molecule has 6 rings (SSSR count). The van der Waals surface area contributed by atoms with Gasteiger partial charge >= 0.3 is 0 Å². The number of rotatable bonds is 4. The molecule has 1 aromatic heterocycles. The van der Waals surface area contributed by atoms with Gasteiger partial charge in [-0.2, -0.15) is 0 Å². The van der Waals surface area contributed by atoms with E-state index in [0.717, 1.165) is 48.1 Å². The topological polar surface area (TPSA) is 37.7 Å². The zero-order chi connectivity index (χ0) is 21.7. The molecular weight excluding hydrogens is 398 g/mol. The Kier molecular flexibility index (Phi) is 5.25. The molecule has 4 heterocycles. The maximum Gasteiger partial charge on any atom is 0.224 e. The summed E-state index contributed by atoms with van der Waals surface area (Å²) in [5.74, 6) is 2.56. The van der Waals surface area contributed by atoms with Gasteiger partial charge in [0.05, 0.1) is 18.7 Å². The van der Waals surface area contributed by atoms with Gasteiger partial charge in [0.15, 0.2) is 0 Å². The predicted octanol–water partition coefficient (Wildman–Crippen LogP) is 4.46. The van der Waals surface area contributed by atoms with Gasteiger partial charge in [0, 0.05) is 43.7 Å². The van der Waals surface area contributed by atoms with Crippen LogP contribution < -0.4 is 4.74 Å². The maximum atomic E-state index is 13.5. The number of nitrogens with zero attached hydrogens (tertiary/aromatic N) is 3. The Morgan fingerprint density at radius 1 is 1.16 bits per heavy atom. The molecule has 2 bridgehead atoms. The number of fused-ring (bicyclic) bond motifs is 7. The molecule has 3 aliphatic heterocycles. The Labute approximate surface area is 191 Å². The van der Waals surface area contributed by atoms with Crippen LogP contribution in [0.2, 0.25) is 0 Å². The predicted molar refractivity (Wildman–Crippen MR) is 127 cm³/mol. The summed E-state index contributed by atoms with van der Waals surface area (Å²) in [6.07, 6.45) is 12.9. The molecule has 0 radical (unpaired) electrons. The molecule has 1 aliphatic carbocycles. The normalized spacial score (nSPS) is 29.9. The molecule has 32 heavy (non-hydrogen) atoms. The highest BCUT2D eigenvalue weighted by atomic mass is 16.5. The lowest BCUT2D eigenvalue weighted by Crippen LogP contribution is -2.60. The van der Waals surface area contributed by atoms with Crippen molar-refractivity contribution in [3.63, 3.8) is 0 Å². The summed E-state index contributed by atoms with van der Waals surface area (Å²) in [5.41, 5.74) is 2.72. The molecule has 0 N–H and O–H groups in total. The molecule has 0 spiro atoms. The van der Waals surface area contributed by atoms with E-state index in [0.29, 0.717) is 24.3 Å². The number of hydrogen-bond acceptors (Lipinski definition) is 3. The summed E-state index contributed by atoms with van der Waals surface area (Å²) in [4.78, 5) is 18.5. The number of likely N-dealkylation sites (tertiary alicyclic amines) is 1. The molecule has 1 amide bonds. The highest BCUT2D eigenvalue weighted by Crippen LogP contribution is 2.45. The minimum absolute atomic E-state index is 0.324. The fourth-order valence-corrected chi connectivity index (χ4v) is 7.18. The van der Waals surface area contributed by atoms with Crippen LogP contribution in [-0.4, -0.2) is 59.1 Å². The van der Waals surface area contributed by atoms with Gasteiger partial charge in [0.25, 0.3) is 0 Å². The van der Waals surface area contributed by atoms with Crippen molar-refractivity contribution in [1.29, 1.82) is 0 Å². The molecule has 170 valence electrons. The van der Waals surface area contributed by atoms with Crippen LogP contribution in [0.3, 0.4) is 0 Å². The summed E-state index contributed by atoms with van der Waals surface area (Å²) in [7, 11) is 1.71. The van der Waals surface area contributed by atoms with Crippen LogP contribution >= 0.6 is 0 Å². The number of aromatic nitrogens is 1. The lowest BCUT2D eigenvalue weighted by atomic mass is 9.68. The molecule has 4 atom stereocenters. The van der Waals surface area contributed by atoms with Crippen LogP contribution in [0, 0.1) is 11.8 Å². The van der Waals surface area contributed by atoms with Crippen LogP contribution in [0.15, 0.2) is 42.1 Å². The second-order valence-corrected chi connectivity index (χ2v) is 10.2. The zero-order valence-electron chi connectivity index (χ0n) is 19.2. The van der Waals surface area contributed by atoms with Crippen molar-refractivity contribution in [1.82, 2.24) is 14.4 Å². The SMILES string of the molecule is COc1cccc2c1ccn2CCC(=O)N1CCCC2=C[C@H]3C[C@@H](CN4CCCC[C@H]34)[C@H]21. The van der Waals surface area contributed by atoms with Gasteiger partial charge in [-0.15, -0.1) is 0 Å². The van der Waals surface area contributed by atoms with Crippen molar-refractivity contribution in [3.8, 4) is 5.75 Å². The minimum Gasteiger partial charge on any atom is -0.496 e. The molecule has 3 saturated heterocycles. The van der Waals surface area contributed by atoms with Crippen molar-refractivity contribution in [3.05, 3.63) is 42.1 Å². The lowest BCUT2D eigenvalue weighted by molar-refractivity contribution is -0.136. The van der Waals surface area contributed by atoms with E-state index < -0.39 is 0 Å². The summed E-state index contributed by atoms with van der Waals surface area (Å²) in [6, 6.07) is 9.33. The Morgan fingerprint density at radius 2 is 2.09 bits per heavy atom. The Bertz CT molecular complexity index is 1040. The van der Waals surface area contributed by atoms with Gasteiger partial charge in [-0.3, -0.25) is 9.69 Å². The quantitative estimate of drug-likeness (QED) is 0.668. The van der Waals surface area contributed by atoms with Crippen LogP contribution in [0.5, 0.6) is 5.75 Å². The van der Waals surface area contributed by atoms with Crippen LogP contribution in [-0.2, 0) is 11.3 Å². The van der Waals surface area contributed by atoms with Crippen molar-refractivity contribution < 1.29 is 9.53 Å². The van der Waals surface area contributed by atoms with Gasteiger partial charge in [-0.25, -0.2) is 0 Å². The Hall–Kier alpha value is -2.27. The highest BCUT2D eigenvalue weighted by Gasteiger charge is 2.46. The molecule has 5 nitrogen and oxygen atoms in total. The number of benzene rings is 1. The molecule has 0 unspecified atom stereocenters. The number of hydrogen-bond donors (Lipinski definition) is 0. The third kappa shape index (κ3) is 3.37. The highest BCUT2D eigenvalue weighted by molar-refractivity contribution is 5.86. The molecule has 5 heteroatoms. The van der Waals surface area contributed by atoms with E-state index >= 15 is 0 Å². The average molecular weight is 434 g/mol. The smallest absolute Gasteiger partial charge is 0.224 e. The molecule has 3 fully saturated rings. The molecule has 4 aliphatic rings. The third-order valence-corrected chi connectivity index (χ3v) is 8.54. The fraction of sp³-hybridized carbons (Fsp3) is 0.593. The maximum absolute atomic E-state index is 13.5. The van der Waals surface area contributed by atoms with Gasteiger partial charge in [0.2, 0.25) is 5.91 Å². The Morgan fingerprint density at radius 3 is 3.00 bits per heavy atom. The van der Waals surface area contributed by atoms with Gasteiger partial charge < -0.3 is 14.2 Å². The standard InChI is InChI=1S/C27H35N3O2/c1-32-25-9-4-8-24-22(25)10-14-28(24)15-11-26(31)30-13-5-6-19-16-20-17-21(27(19)30)18-29-12-3-2-7-23(20)29/h4,8-10,14,16,20-21,23,27H,2-3,5-7,11-13,15,17-18H2,1H3/t20-,21-,23+,27-/m0/s1. The third-order valence-electron chi connectivity index (χ3n) is 8.54. The molecular formula is C27H35N3O2. The number of carbonyl (C=O) groups excluding carboxylic acids is 1. The molecule has 1 aromatic carbocycles. The van der Waals surface area contributed by atoms with E-state index in [9.17, 15) is 4.79 Å². The first-order valence-electron chi connectivity index (χ1n) is 12.6. The van der Waals surface area contributed by atoms with E-state index in [1.165, 1.54) is 45.2 Å². The summed E-state index contributed by atoms with van der Waals surface area (Å²) in [5, 5.41) is 1.11. The number of ether oxygens (including phenoxy) is 1. The van der Waals surface area contributed by atoms with E-state index in [1.54, 1.807) is 12.7 Å². The monoisotopic (exact) mass is 433 g/mol. The van der Waals surface area contributed by atoms with Gasteiger partial charge in [0.1, 0.15) is 5.75 Å². The molecule has 2 aromatic rings. The summed E-state index contributed by atoms with van der Waals surface area (Å²) < 4.78 is 7.70. The fourth-order valence-electron chi connectivity index (χ4n) is 7.18. The Balaban J connectivity index is 1.20. The number of amides is 1. The van der Waals surface area contributed by atoms with Crippen molar-refractivity contribution >= 4 is 16.8 Å². The van der Waals surface area contributed by atoms with Crippen molar-refractivity contribution in [2.75, 3.05) is 26.7 Å². The first kappa shape index (κ1) is 20.3. The number of methoxy groups -OCH3 is 1. The number of aryl methyl sites for hydroxylation is 1. The molecule has 0 saturated carbocycles. The first-order chi connectivity index (χ1) is 15.7. The lowest BCUT2D eigenvalue weighted by Gasteiger charge is -2.54. The van der Waals surface area contributed by atoms with E-state index in [-0.39, 0.29) is 0 Å². The first-order valence-corrected chi connectivity index (χ1v) is 12.6.